The van der Waals surface area contributed by atoms with Gasteiger partial charge in [0.05, 0.1) is 18.3 Å². The van der Waals surface area contributed by atoms with E-state index in [-0.39, 0.29) is 11.8 Å². The van der Waals surface area contributed by atoms with Crippen molar-refractivity contribution in [2.24, 2.45) is 5.92 Å². The molecule has 6 nitrogen and oxygen atoms in total. The lowest BCUT2D eigenvalue weighted by Crippen LogP contribution is -2.54. The van der Waals surface area contributed by atoms with Gasteiger partial charge in [-0.3, -0.25) is 9.48 Å². The van der Waals surface area contributed by atoms with Crippen LogP contribution in [0.15, 0.2) is 36.5 Å². The van der Waals surface area contributed by atoms with Crippen molar-refractivity contribution < 1.29 is 14.7 Å². The van der Waals surface area contributed by atoms with Crippen molar-refractivity contribution in [1.29, 1.82) is 0 Å². The molecule has 126 valence electrons. The Bertz CT molecular complexity index is 765. The van der Waals surface area contributed by atoms with E-state index in [1.54, 1.807) is 11.6 Å². The van der Waals surface area contributed by atoms with Crippen molar-refractivity contribution in [3.8, 4) is 0 Å². The number of aromatic nitrogens is 2. The largest absolute Gasteiger partial charge is 0.480 e. The molecule has 1 unspecified atom stereocenters. The highest BCUT2D eigenvalue weighted by molar-refractivity contribution is 5.98. The summed E-state index contributed by atoms with van der Waals surface area (Å²) in [6.45, 7) is 3.97. The second-order valence-corrected chi connectivity index (χ2v) is 6.52. The van der Waals surface area contributed by atoms with Crippen molar-refractivity contribution in [3.63, 3.8) is 0 Å². The maximum Gasteiger partial charge on any atom is 0.329 e. The second-order valence-electron chi connectivity index (χ2n) is 6.52. The third-order valence-corrected chi connectivity index (χ3v) is 4.73. The van der Waals surface area contributed by atoms with Crippen LogP contribution < -0.4 is 5.32 Å². The molecule has 24 heavy (non-hydrogen) atoms. The first-order chi connectivity index (χ1) is 11.4. The van der Waals surface area contributed by atoms with Crippen LogP contribution in [-0.2, 0) is 11.3 Å². The first kappa shape index (κ1) is 16.2. The molecule has 3 rings (SSSR count). The molecular formula is C18H21N3O3. The molecule has 0 saturated heterocycles. The summed E-state index contributed by atoms with van der Waals surface area (Å²) in [5, 5.41) is 16.4. The van der Waals surface area contributed by atoms with E-state index >= 15 is 0 Å². The molecule has 1 aromatic carbocycles. The second kappa shape index (κ2) is 6.11. The van der Waals surface area contributed by atoms with Gasteiger partial charge in [-0.05, 0) is 38.2 Å². The van der Waals surface area contributed by atoms with E-state index in [1.807, 2.05) is 37.3 Å². The summed E-state index contributed by atoms with van der Waals surface area (Å²) in [6, 6.07) is 9.85. The summed E-state index contributed by atoms with van der Waals surface area (Å²) >= 11 is 0. The van der Waals surface area contributed by atoms with Gasteiger partial charge in [0.1, 0.15) is 5.54 Å². The maximum atomic E-state index is 12.6. The van der Waals surface area contributed by atoms with Gasteiger partial charge >= 0.3 is 5.97 Å². The number of carbonyl (C=O) groups is 2. The van der Waals surface area contributed by atoms with E-state index < -0.39 is 11.5 Å². The smallest absolute Gasteiger partial charge is 0.329 e. The Kier molecular flexibility index (Phi) is 4.13. The highest BCUT2D eigenvalue weighted by atomic mass is 16.4. The molecule has 1 fully saturated rings. The highest BCUT2D eigenvalue weighted by Gasteiger charge is 2.48. The summed E-state index contributed by atoms with van der Waals surface area (Å²) in [4.78, 5) is 24.1. The zero-order chi connectivity index (χ0) is 17.3. The van der Waals surface area contributed by atoms with Crippen molar-refractivity contribution in [1.82, 2.24) is 15.1 Å². The van der Waals surface area contributed by atoms with Gasteiger partial charge in [0, 0.05) is 5.69 Å². The average Bonchev–Trinajstić information content (AvgIpc) is 3.34. The van der Waals surface area contributed by atoms with Crippen LogP contribution in [0.1, 0.15) is 41.4 Å². The molecule has 0 aliphatic heterocycles. The average molecular weight is 327 g/mol. The minimum absolute atomic E-state index is 0.00128. The van der Waals surface area contributed by atoms with Gasteiger partial charge in [0.25, 0.3) is 5.91 Å². The van der Waals surface area contributed by atoms with Crippen LogP contribution in [0.4, 0.5) is 0 Å². The fourth-order valence-corrected chi connectivity index (χ4v) is 2.88. The summed E-state index contributed by atoms with van der Waals surface area (Å²) in [5.74, 6) is -1.38. The number of carboxylic acid groups (broad SMARTS) is 1. The predicted molar refractivity (Wildman–Crippen MR) is 88.7 cm³/mol. The van der Waals surface area contributed by atoms with Crippen LogP contribution in [0.3, 0.4) is 0 Å². The van der Waals surface area contributed by atoms with E-state index in [0.29, 0.717) is 12.1 Å². The Hall–Kier alpha value is -2.63. The van der Waals surface area contributed by atoms with E-state index in [9.17, 15) is 14.7 Å². The lowest BCUT2D eigenvalue weighted by Gasteiger charge is -2.26. The lowest BCUT2D eigenvalue weighted by molar-refractivity contribution is -0.144. The van der Waals surface area contributed by atoms with Crippen LogP contribution in [0.5, 0.6) is 0 Å². The number of carboxylic acids is 1. The third-order valence-electron chi connectivity index (χ3n) is 4.73. The van der Waals surface area contributed by atoms with Gasteiger partial charge in [-0.25, -0.2) is 4.79 Å². The number of amides is 1. The molecule has 6 heteroatoms. The Labute approximate surface area is 140 Å². The molecule has 1 amide bonds. The van der Waals surface area contributed by atoms with Gasteiger partial charge in [-0.1, -0.05) is 30.3 Å². The molecule has 0 radical (unpaired) electrons. The molecule has 2 aromatic rings. The molecule has 1 aromatic heterocycles. The van der Waals surface area contributed by atoms with Crippen LogP contribution in [0, 0.1) is 12.8 Å². The Morgan fingerprint density at radius 2 is 2.00 bits per heavy atom. The first-order valence-corrected chi connectivity index (χ1v) is 8.04. The standard InChI is InChI=1S/C18H21N3O3/c1-12-15(10-19-21(12)11-13-6-4-3-5-7-13)16(22)20-18(2,17(23)24)14-8-9-14/h3-7,10,14H,8-9,11H2,1-2H3,(H,20,22)(H,23,24). The van der Waals surface area contributed by atoms with Gasteiger partial charge in [0.2, 0.25) is 0 Å². The number of nitrogens with zero attached hydrogens (tertiary/aromatic N) is 2. The molecule has 1 aliphatic carbocycles. The van der Waals surface area contributed by atoms with Crippen molar-refractivity contribution in [2.45, 2.75) is 38.8 Å². The fourth-order valence-electron chi connectivity index (χ4n) is 2.88. The van der Waals surface area contributed by atoms with Gasteiger partial charge < -0.3 is 10.4 Å². The molecular weight excluding hydrogens is 306 g/mol. The molecule has 0 spiro atoms. The summed E-state index contributed by atoms with van der Waals surface area (Å²) in [5.41, 5.74) is 1.01. The van der Waals surface area contributed by atoms with Crippen LogP contribution in [-0.4, -0.2) is 32.3 Å². The molecule has 2 N–H and O–H groups in total. The number of hydrogen-bond donors (Lipinski definition) is 2. The number of aliphatic carboxylic acids is 1. The lowest BCUT2D eigenvalue weighted by atomic mass is 9.95. The Balaban J connectivity index is 1.77. The Morgan fingerprint density at radius 3 is 2.58 bits per heavy atom. The molecule has 1 atom stereocenters. The van der Waals surface area contributed by atoms with Gasteiger partial charge in [0.15, 0.2) is 0 Å². The van der Waals surface area contributed by atoms with Gasteiger partial charge in [-0.2, -0.15) is 5.10 Å². The van der Waals surface area contributed by atoms with Crippen molar-refractivity contribution in [2.75, 3.05) is 0 Å². The quantitative estimate of drug-likeness (QED) is 0.852. The molecule has 1 heterocycles. The van der Waals surface area contributed by atoms with Crippen LogP contribution in [0.2, 0.25) is 0 Å². The zero-order valence-electron chi connectivity index (χ0n) is 13.8. The van der Waals surface area contributed by atoms with E-state index in [2.05, 4.69) is 10.4 Å². The van der Waals surface area contributed by atoms with Crippen LogP contribution >= 0.6 is 0 Å². The van der Waals surface area contributed by atoms with Crippen LogP contribution in [0.25, 0.3) is 0 Å². The van der Waals surface area contributed by atoms with E-state index in [4.69, 9.17) is 0 Å². The van der Waals surface area contributed by atoms with E-state index in [1.165, 1.54) is 6.20 Å². The molecule has 1 saturated carbocycles. The Morgan fingerprint density at radius 1 is 1.33 bits per heavy atom. The minimum Gasteiger partial charge on any atom is -0.480 e. The summed E-state index contributed by atoms with van der Waals surface area (Å²) in [7, 11) is 0. The SMILES string of the molecule is Cc1c(C(=O)NC(C)(C(=O)O)C2CC2)cnn1Cc1ccccc1. The topological polar surface area (TPSA) is 84.2 Å². The highest BCUT2D eigenvalue weighted by Crippen LogP contribution is 2.39. The number of nitrogens with one attached hydrogen (secondary N) is 1. The fraction of sp³-hybridized carbons (Fsp3) is 0.389. The molecule has 0 bridgehead atoms. The number of hydrogen-bond acceptors (Lipinski definition) is 3. The monoisotopic (exact) mass is 327 g/mol. The van der Waals surface area contributed by atoms with E-state index in [0.717, 1.165) is 24.1 Å². The minimum atomic E-state index is -1.22. The number of rotatable bonds is 6. The third kappa shape index (κ3) is 3.04. The molecule has 1 aliphatic rings. The zero-order valence-corrected chi connectivity index (χ0v) is 13.8. The summed E-state index contributed by atoms with van der Waals surface area (Å²) in [6.07, 6.45) is 3.16. The normalized spacial score (nSPS) is 16.4. The summed E-state index contributed by atoms with van der Waals surface area (Å²) < 4.78 is 1.75. The predicted octanol–water partition coefficient (Wildman–Crippen LogP) is 2.22. The maximum absolute atomic E-state index is 12.6. The first-order valence-electron chi connectivity index (χ1n) is 8.04. The van der Waals surface area contributed by atoms with Crippen molar-refractivity contribution in [3.05, 3.63) is 53.3 Å². The number of benzene rings is 1. The van der Waals surface area contributed by atoms with Crippen molar-refractivity contribution >= 4 is 11.9 Å². The van der Waals surface area contributed by atoms with Gasteiger partial charge in [-0.15, -0.1) is 0 Å². The number of carbonyl (C=O) groups excluding carboxylic acids is 1.